The molecule has 0 atom stereocenters. The number of benzene rings is 3. The molecule has 10 heteroatoms. The van der Waals surface area contributed by atoms with Gasteiger partial charge in [-0.25, -0.2) is 4.39 Å². The zero-order valence-electron chi connectivity index (χ0n) is 19.4. The van der Waals surface area contributed by atoms with Crippen molar-refractivity contribution in [1.82, 2.24) is 4.90 Å². The standard InChI is InChI=1S/C26H23Br2ClFN3O3/c1-16-12-17(27)13-20(28)25(16)36-15-24(34)31-22-14-18(29)6-7-23(22)32-8-10-33(11-9-32)26(35)19-4-2-3-5-21(19)30/h2-7,12-14H,8-11,15H2,1H3,(H,31,34). The lowest BCUT2D eigenvalue weighted by Crippen LogP contribution is -2.49. The summed E-state index contributed by atoms with van der Waals surface area (Å²) in [4.78, 5) is 29.2. The van der Waals surface area contributed by atoms with E-state index in [0.29, 0.717) is 42.6 Å². The van der Waals surface area contributed by atoms with Crippen LogP contribution in [0.25, 0.3) is 0 Å². The summed E-state index contributed by atoms with van der Waals surface area (Å²) in [6, 6.07) is 15.0. The molecule has 1 fully saturated rings. The molecule has 188 valence electrons. The highest BCUT2D eigenvalue weighted by molar-refractivity contribution is 9.11. The van der Waals surface area contributed by atoms with Crippen LogP contribution in [-0.2, 0) is 4.79 Å². The number of amides is 2. The van der Waals surface area contributed by atoms with Gasteiger partial charge in [0, 0.05) is 35.7 Å². The summed E-state index contributed by atoms with van der Waals surface area (Å²) >= 11 is 13.1. The molecule has 0 spiro atoms. The molecular formula is C26H23Br2ClFN3O3. The van der Waals surface area contributed by atoms with E-state index in [2.05, 4.69) is 42.1 Å². The molecule has 0 saturated carbocycles. The Balaban J connectivity index is 1.41. The summed E-state index contributed by atoms with van der Waals surface area (Å²) < 4.78 is 21.5. The molecule has 4 rings (SSSR count). The quantitative estimate of drug-likeness (QED) is 0.345. The number of rotatable bonds is 6. The van der Waals surface area contributed by atoms with Crippen LogP contribution in [0.4, 0.5) is 15.8 Å². The van der Waals surface area contributed by atoms with Gasteiger partial charge >= 0.3 is 0 Å². The van der Waals surface area contributed by atoms with E-state index >= 15 is 0 Å². The van der Waals surface area contributed by atoms with Crippen LogP contribution >= 0.6 is 43.5 Å². The molecule has 1 N–H and O–H groups in total. The van der Waals surface area contributed by atoms with E-state index in [4.69, 9.17) is 16.3 Å². The molecule has 1 aliphatic heterocycles. The zero-order valence-corrected chi connectivity index (χ0v) is 23.3. The first kappa shape index (κ1) is 26.4. The van der Waals surface area contributed by atoms with Gasteiger partial charge in [0.15, 0.2) is 6.61 Å². The molecule has 0 unspecified atom stereocenters. The van der Waals surface area contributed by atoms with Gasteiger partial charge in [-0.1, -0.05) is 39.7 Å². The Kier molecular flexibility index (Phi) is 8.54. The summed E-state index contributed by atoms with van der Waals surface area (Å²) in [5.41, 5.74) is 2.29. The third-order valence-electron chi connectivity index (χ3n) is 5.79. The molecule has 1 aliphatic rings. The van der Waals surface area contributed by atoms with E-state index in [-0.39, 0.29) is 24.0 Å². The average molecular weight is 640 g/mol. The number of nitrogens with one attached hydrogen (secondary N) is 1. The van der Waals surface area contributed by atoms with E-state index in [1.807, 2.05) is 25.1 Å². The SMILES string of the molecule is Cc1cc(Br)cc(Br)c1OCC(=O)Nc1cc(Cl)ccc1N1CCN(C(=O)c2ccccc2F)CC1. The lowest BCUT2D eigenvalue weighted by Gasteiger charge is -2.37. The minimum Gasteiger partial charge on any atom is -0.482 e. The van der Waals surface area contributed by atoms with Crippen LogP contribution in [0.5, 0.6) is 5.75 Å². The second-order valence-corrected chi connectivity index (χ2v) is 10.5. The van der Waals surface area contributed by atoms with Gasteiger partial charge in [0.05, 0.1) is 21.4 Å². The Bertz CT molecular complexity index is 1280. The number of aryl methyl sites for hydroxylation is 1. The maximum absolute atomic E-state index is 14.1. The topological polar surface area (TPSA) is 61.9 Å². The first-order valence-electron chi connectivity index (χ1n) is 11.2. The van der Waals surface area contributed by atoms with Crippen molar-refractivity contribution in [3.63, 3.8) is 0 Å². The fourth-order valence-electron chi connectivity index (χ4n) is 4.04. The average Bonchev–Trinajstić information content (AvgIpc) is 2.83. The van der Waals surface area contributed by atoms with Crippen molar-refractivity contribution in [2.75, 3.05) is 43.0 Å². The maximum atomic E-state index is 14.1. The second-order valence-electron chi connectivity index (χ2n) is 8.29. The smallest absolute Gasteiger partial charge is 0.262 e. The van der Waals surface area contributed by atoms with Crippen LogP contribution in [0.2, 0.25) is 5.02 Å². The molecule has 1 saturated heterocycles. The fraction of sp³-hybridized carbons (Fsp3) is 0.231. The number of carbonyl (C=O) groups excluding carboxylic acids is 2. The Hall–Kier alpha value is -2.62. The number of carbonyl (C=O) groups is 2. The van der Waals surface area contributed by atoms with Gasteiger partial charge in [-0.05, 0) is 70.9 Å². The largest absolute Gasteiger partial charge is 0.482 e. The lowest BCUT2D eigenvalue weighted by molar-refractivity contribution is -0.118. The first-order chi connectivity index (χ1) is 17.2. The molecule has 0 aromatic heterocycles. The second kappa shape index (κ2) is 11.6. The summed E-state index contributed by atoms with van der Waals surface area (Å²) in [5.74, 6) is -0.597. The van der Waals surface area contributed by atoms with Crippen LogP contribution < -0.4 is 15.0 Å². The Labute approximate surface area is 230 Å². The zero-order chi connectivity index (χ0) is 25.8. The van der Waals surface area contributed by atoms with Crippen molar-refractivity contribution in [3.8, 4) is 5.75 Å². The van der Waals surface area contributed by atoms with E-state index in [1.165, 1.54) is 12.1 Å². The van der Waals surface area contributed by atoms with E-state index in [9.17, 15) is 14.0 Å². The molecule has 3 aromatic rings. The fourth-order valence-corrected chi connectivity index (χ4v) is 5.76. The van der Waals surface area contributed by atoms with Gasteiger partial charge in [0.25, 0.3) is 11.8 Å². The maximum Gasteiger partial charge on any atom is 0.262 e. The van der Waals surface area contributed by atoms with Gasteiger partial charge in [0.1, 0.15) is 11.6 Å². The van der Waals surface area contributed by atoms with E-state index in [0.717, 1.165) is 20.2 Å². The van der Waals surface area contributed by atoms with Crippen LogP contribution in [-0.4, -0.2) is 49.5 Å². The number of ether oxygens (including phenoxy) is 1. The molecule has 1 heterocycles. The first-order valence-corrected chi connectivity index (χ1v) is 13.2. The third kappa shape index (κ3) is 6.19. The van der Waals surface area contributed by atoms with Crippen molar-refractivity contribution in [2.24, 2.45) is 0 Å². The van der Waals surface area contributed by atoms with Crippen molar-refractivity contribution >= 4 is 66.6 Å². The highest BCUT2D eigenvalue weighted by Crippen LogP contribution is 2.33. The van der Waals surface area contributed by atoms with Crippen molar-refractivity contribution in [1.29, 1.82) is 0 Å². The van der Waals surface area contributed by atoms with Crippen LogP contribution in [0.1, 0.15) is 15.9 Å². The monoisotopic (exact) mass is 637 g/mol. The minimum atomic E-state index is -0.528. The molecule has 36 heavy (non-hydrogen) atoms. The summed E-state index contributed by atoms with van der Waals surface area (Å²) in [7, 11) is 0. The van der Waals surface area contributed by atoms with Gasteiger partial charge in [-0.3, -0.25) is 9.59 Å². The molecule has 0 bridgehead atoms. The van der Waals surface area contributed by atoms with Crippen molar-refractivity contribution < 1.29 is 18.7 Å². The van der Waals surface area contributed by atoms with Gasteiger partial charge < -0.3 is 19.9 Å². The predicted octanol–water partition coefficient (Wildman–Crippen LogP) is 6.29. The molecule has 2 amide bonds. The Morgan fingerprint density at radius 2 is 1.78 bits per heavy atom. The molecule has 0 aliphatic carbocycles. The number of piperazine rings is 1. The van der Waals surface area contributed by atoms with Crippen LogP contribution in [0, 0.1) is 12.7 Å². The lowest BCUT2D eigenvalue weighted by atomic mass is 10.1. The highest BCUT2D eigenvalue weighted by atomic mass is 79.9. The van der Waals surface area contributed by atoms with Crippen molar-refractivity contribution in [3.05, 3.63) is 85.5 Å². The normalized spacial score (nSPS) is 13.5. The Morgan fingerprint density at radius 1 is 1.06 bits per heavy atom. The van der Waals surface area contributed by atoms with Gasteiger partial charge in [0.2, 0.25) is 0 Å². The number of anilines is 2. The molecular weight excluding hydrogens is 617 g/mol. The van der Waals surface area contributed by atoms with Gasteiger partial charge in [-0.2, -0.15) is 0 Å². The van der Waals surface area contributed by atoms with Crippen molar-refractivity contribution in [2.45, 2.75) is 6.92 Å². The molecule has 0 radical (unpaired) electrons. The minimum absolute atomic E-state index is 0.0676. The summed E-state index contributed by atoms with van der Waals surface area (Å²) in [6.45, 7) is 3.59. The van der Waals surface area contributed by atoms with Crippen LogP contribution in [0.3, 0.4) is 0 Å². The number of hydrogen-bond acceptors (Lipinski definition) is 4. The summed E-state index contributed by atoms with van der Waals surface area (Å²) in [5, 5.41) is 3.37. The predicted molar refractivity (Wildman–Crippen MR) is 147 cm³/mol. The molecule has 6 nitrogen and oxygen atoms in total. The number of nitrogens with zero attached hydrogens (tertiary/aromatic N) is 2. The van der Waals surface area contributed by atoms with E-state index in [1.54, 1.807) is 29.2 Å². The van der Waals surface area contributed by atoms with Gasteiger partial charge in [-0.15, -0.1) is 0 Å². The number of hydrogen-bond donors (Lipinski definition) is 1. The Morgan fingerprint density at radius 3 is 2.47 bits per heavy atom. The number of halogens is 4. The summed E-state index contributed by atoms with van der Waals surface area (Å²) in [6.07, 6.45) is 0. The van der Waals surface area contributed by atoms with E-state index < -0.39 is 5.82 Å². The third-order valence-corrected chi connectivity index (χ3v) is 7.07. The molecule has 3 aromatic carbocycles. The highest BCUT2D eigenvalue weighted by Gasteiger charge is 2.25. The van der Waals surface area contributed by atoms with Crippen LogP contribution in [0.15, 0.2) is 63.5 Å².